The summed E-state index contributed by atoms with van der Waals surface area (Å²) in [5, 5.41) is 11.2. The molecule has 0 aliphatic rings. The first-order valence-electron chi connectivity index (χ1n) is 3.40. The first-order chi connectivity index (χ1) is 5.66. The van der Waals surface area contributed by atoms with Crippen molar-refractivity contribution in [3.8, 4) is 0 Å². The third-order valence-electron chi connectivity index (χ3n) is 1.46. The Bertz CT molecular complexity index is 311. The van der Waals surface area contributed by atoms with Gasteiger partial charge in [-0.2, -0.15) is 0 Å². The van der Waals surface area contributed by atoms with E-state index in [4.69, 9.17) is 11.5 Å². The molecule has 0 fully saturated rings. The van der Waals surface area contributed by atoms with Crippen molar-refractivity contribution in [2.24, 2.45) is 0 Å². The number of aromatic nitrogens is 2. The molecule has 1 aromatic rings. The van der Waals surface area contributed by atoms with Crippen LogP contribution in [-0.2, 0) is 6.42 Å². The minimum absolute atomic E-state index is 0.0962. The van der Waals surface area contributed by atoms with Gasteiger partial charge in [0.25, 0.3) is 0 Å². The SMILES string of the molecule is C=CCc1c(N)cnc(N)[n+]1[O-]. The quantitative estimate of drug-likeness (QED) is 0.355. The van der Waals surface area contributed by atoms with Crippen LogP contribution in [-0.4, -0.2) is 4.98 Å². The highest BCUT2D eigenvalue weighted by molar-refractivity contribution is 5.39. The Balaban J connectivity index is 3.22. The second-order valence-corrected chi connectivity index (χ2v) is 2.31. The average Bonchev–Trinajstić information content (AvgIpc) is 2.06. The summed E-state index contributed by atoms with van der Waals surface area (Å²) in [5.74, 6) is -0.0962. The molecule has 64 valence electrons. The third kappa shape index (κ3) is 1.29. The summed E-state index contributed by atoms with van der Waals surface area (Å²) in [7, 11) is 0. The summed E-state index contributed by atoms with van der Waals surface area (Å²) in [6, 6.07) is 0. The Hall–Kier alpha value is -1.78. The zero-order valence-corrected chi connectivity index (χ0v) is 6.53. The number of nitrogens with two attached hydrogens (primary N) is 2. The van der Waals surface area contributed by atoms with Gasteiger partial charge in [-0.25, -0.2) is 4.73 Å². The van der Waals surface area contributed by atoms with E-state index < -0.39 is 0 Å². The maximum atomic E-state index is 11.2. The van der Waals surface area contributed by atoms with Gasteiger partial charge in [-0.05, 0) is 0 Å². The summed E-state index contributed by atoms with van der Waals surface area (Å²) < 4.78 is 0.511. The van der Waals surface area contributed by atoms with Crippen molar-refractivity contribution in [3.63, 3.8) is 0 Å². The van der Waals surface area contributed by atoms with Crippen molar-refractivity contribution < 1.29 is 4.73 Å². The van der Waals surface area contributed by atoms with Gasteiger partial charge in [-0.3, -0.25) is 5.73 Å². The van der Waals surface area contributed by atoms with Crippen LogP contribution in [0.5, 0.6) is 0 Å². The Morgan fingerprint density at radius 2 is 2.33 bits per heavy atom. The fourth-order valence-corrected chi connectivity index (χ4v) is 0.856. The molecule has 5 nitrogen and oxygen atoms in total. The normalized spacial score (nSPS) is 9.67. The van der Waals surface area contributed by atoms with Gasteiger partial charge in [0.2, 0.25) is 0 Å². The Morgan fingerprint density at radius 3 is 2.92 bits per heavy atom. The van der Waals surface area contributed by atoms with Crippen molar-refractivity contribution in [2.75, 3.05) is 11.5 Å². The van der Waals surface area contributed by atoms with Crippen LogP contribution < -0.4 is 16.2 Å². The molecule has 5 heteroatoms. The summed E-state index contributed by atoms with van der Waals surface area (Å²) in [6.45, 7) is 3.50. The van der Waals surface area contributed by atoms with E-state index in [-0.39, 0.29) is 5.95 Å². The molecule has 0 aliphatic carbocycles. The zero-order chi connectivity index (χ0) is 9.14. The summed E-state index contributed by atoms with van der Waals surface area (Å²) >= 11 is 0. The smallest absolute Gasteiger partial charge is 0.390 e. The van der Waals surface area contributed by atoms with Crippen molar-refractivity contribution in [1.29, 1.82) is 0 Å². The van der Waals surface area contributed by atoms with Gasteiger partial charge >= 0.3 is 5.95 Å². The Kier molecular flexibility index (Phi) is 2.14. The number of nitrogen functional groups attached to an aromatic ring is 2. The molecule has 0 aromatic carbocycles. The molecule has 0 amide bonds. The fourth-order valence-electron chi connectivity index (χ4n) is 0.856. The maximum absolute atomic E-state index is 11.2. The molecule has 0 atom stereocenters. The van der Waals surface area contributed by atoms with Gasteiger partial charge in [-0.15, -0.1) is 6.58 Å². The van der Waals surface area contributed by atoms with Crippen LogP contribution in [0.3, 0.4) is 0 Å². The van der Waals surface area contributed by atoms with Crippen LogP contribution in [0.4, 0.5) is 11.6 Å². The lowest BCUT2D eigenvalue weighted by molar-refractivity contribution is -0.600. The highest BCUT2D eigenvalue weighted by atomic mass is 16.5. The molecule has 4 N–H and O–H groups in total. The minimum atomic E-state index is -0.0962. The van der Waals surface area contributed by atoms with Crippen LogP contribution >= 0.6 is 0 Å². The van der Waals surface area contributed by atoms with Crippen LogP contribution in [0.25, 0.3) is 0 Å². The highest BCUT2D eigenvalue weighted by Gasteiger charge is 2.08. The topological polar surface area (TPSA) is 91.9 Å². The summed E-state index contributed by atoms with van der Waals surface area (Å²) in [4.78, 5) is 3.59. The molecule has 0 saturated carbocycles. The van der Waals surface area contributed by atoms with E-state index in [0.29, 0.717) is 22.5 Å². The molecule has 0 unspecified atom stereocenters. The molecule has 0 saturated heterocycles. The predicted octanol–water partition coefficient (Wildman–Crippen LogP) is -0.392. The van der Waals surface area contributed by atoms with Crippen LogP contribution in [0.2, 0.25) is 0 Å². The van der Waals surface area contributed by atoms with Gasteiger partial charge in [0.15, 0.2) is 0 Å². The van der Waals surface area contributed by atoms with E-state index in [0.717, 1.165) is 0 Å². The molecule has 0 bridgehead atoms. The zero-order valence-electron chi connectivity index (χ0n) is 6.53. The molecule has 1 heterocycles. The van der Waals surface area contributed by atoms with Crippen molar-refractivity contribution in [1.82, 2.24) is 4.98 Å². The molecule has 12 heavy (non-hydrogen) atoms. The lowest BCUT2D eigenvalue weighted by Crippen LogP contribution is -2.37. The third-order valence-corrected chi connectivity index (χ3v) is 1.46. The van der Waals surface area contributed by atoms with Crippen molar-refractivity contribution in [2.45, 2.75) is 6.42 Å². The van der Waals surface area contributed by atoms with E-state index in [1.807, 2.05) is 0 Å². The monoisotopic (exact) mass is 166 g/mol. The van der Waals surface area contributed by atoms with E-state index >= 15 is 0 Å². The molecular formula is C7H10N4O. The van der Waals surface area contributed by atoms with Gasteiger partial charge in [-0.1, -0.05) is 11.1 Å². The fraction of sp³-hybridized carbons (Fsp3) is 0.143. The first-order valence-corrected chi connectivity index (χ1v) is 3.40. The van der Waals surface area contributed by atoms with E-state index in [2.05, 4.69) is 11.6 Å². The van der Waals surface area contributed by atoms with Crippen molar-refractivity contribution in [3.05, 3.63) is 29.8 Å². The second-order valence-electron chi connectivity index (χ2n) is 2.31. The standard InChI is InChI=1S/C7H10N4O/c1-2-3-6-5(8)4-10-7(9)11(6)12/h2,4H,1,3,8H2,(H2,9,10). The number of hydrogen-bond donors (Lipinski definition) is 2. The first kappa shape index (κ1) is 8.32. The maximum Gasteiger partial charge on any atom is 0.390 e. The molecule has 1 aromatic heterocycles. The number of allylic oxidation sites excluding steroid dienone is 1. The molecule has 0 radical (unpaired) electrons. The number of hydrogen-bond acceptors (Lipinski definition) is 4. The number of rotatable bonds is 2. The van der Waals surface area contributed by atoms with Crippen molar-refractivity contribution >= 4 is 11.6 Å². The molecule has 1 rings (SSSR count). The molecule has 0 aliphatic heterocycles. The van der Waals surface area contributed by atoms with Gasteiger partial charge < -0.3 is 10.9 Å². The summed E-state index contributed by atoms with van der Waals surface area (Å²) in [5.41, 5.74) is 11.5. The van der Waals surface area contributed by atoms with Gasteiger partial charge in [0.1, 0.15) is 17.6 Å². The number of nitrogens with zero attached hydrogens (tertiary/aromatic N) is 2. The summed E-state index contributed by atoms with van der Waals surface area (Å²) in [6.07, 6.45) is 3.34. The molecule has 0 spiro atoms. The van der Waals surface area contributed by atoms with E-state index in [9.17, 15) is 5.21 Å². The molecular weight excluding hydrogens is 156 g/mol. The Labute approximate surface area is 69.9 Å². The predicted molar refractivity (Wildman–Crippen MR) is 45.9 cm³/mol. The largest absolute Gasteiger partial charge is 0.740 e. The van der Waals surface area contributed by atoms with Crippen LogP contribution in [0.1, 0.15) is 5.69 Å². The lowest BCUT2D eigenvalue weighted by atomic mass is 10.2. The Morgan fingerprint density at radius 1 is 1.67 bits per heavy atom. The van der Waals surface area contributed by atoms with E-state index in [1.54, 1.807) is 6.08 Å². The highest BCUT2D eigenvalue weighted by Crippen LogP contribution is 2.06. The minimum Gasteiger partial charge on any atom is -0.740 e. The average molecular weight is 166 g/mol. The van der Waals surface area contributed by atoms with Gasteiger partial charge in [0.05, 0.1) is 0 Å². The van der Waals surface area contributed by atoms with Crippen LogP contribution in [0.15, 0.2) is 18.9 Å². The van der Waals surface area contributed by atoms with Crippen LogP contribution in [0, 0.1) is 5.21 Å². The van der Waals surface area contributed by atoms with Gasteiger partial charge in [0, 0.05) is 6.42 Å². The number of anilines is 2. The lowest BCUT2D eigenvalue weighted by Gasteiger charge is -2.11. The van der Waals surface area contributed by atoms with E-state index in [1.165, 1.54) is 6.20 Å². The second kappa shape index (κ2) is 3.08.